The minimum Gasteiger partial charge on any atom is -0.508 e. The zero-order valence-electron chi connectivity index (χ0n) is 28.5. The third-order valence-corrected chi connectivity index (χ3v) is 9.90. The molecule has 0 spiro atoms. The number of alkyl carbamates (subject to hydrolysis) is 1. The highest BCUT2D eigenvalue weighted by molar-refractivity contribution is 5.86. The van der Waals surface area contributed by atoms with E-state index >= 15 is 0 Å². The van der Waals surface area contributed by atoms with Crippen LogP contribution in [0.4, 0.5) is 4.79 Å². The van der Waals surface area contributed by atoms with Gasteiger partial charge in [-0.05, 0) is 64.2 Å². The normalized spacial score (nSPS) is 20.2. The van der Waals surface area contributed by atoms with Crippen molar-refractivity contribution in [1.29, 1.82) is 0 Å². The molecule has 4 aromatic rings. The first-order valence-electron chi connectivity index (χ1n) is 16.8. The molecule has 270 valence electrons. The maximum Gasteiger partial charge on any atom is 0.408 e. The van der Waals surface area contributed by atoms with Crippen LogP contribution in [0, 0.1) is 11.8 Å². The largest absolute Gasteiger partial charge is 0.508 e. The Labute approximate surface area is 299 Å². The summed E-state index contributed by atoms with van der Waals surface area (Å²) in [4.78, 5) is 40.5. The molecule has 7 rings (SSSR count). The van der Waals surface area contributed by atoms with Crippen molar-refractivity contribution in [2.75, 3.05) is 34.2 Å². The van der Waals surface area contributed by atoms with Crippen LogP contribution < -0.4 is 29.6 Å². The Hall–Kier alpha value is -6.11. The van der Waals surface area contributed by atoms with Crippen molar-refractivity contribution >= 4 is 18.0 Å². The lowest BCUT2D eigenvalue weighted by Crippen LogP contribution is -2.50. The van der Waals surface area contributed by atoms with Crippen molar-refractivity contribution < 1.29 is 53.0 Å². The molecule has 2 amide bonds. The van der Waals surface area contributed by atoms with E-state index in [9.17, 15) is 24.6 Å². The molecular weight excluding hydrogens is 672 g/mol. The fraction of sp³-hybridized carbons (Fsp3) is 0.308. The fourth-order valence-electron chi connectivity index (χ4n) is 7.35. The molecule has 3 aliphatic rings. The second kappa shape index (κ2) is 14.6. The van der Waals surface area contributed by atoms with E-state index in [0.29, 0.717) is 22.6 Å². The number of methoxy groups -OCH3 is 2. The number of hydrogen-bond acceptors (Lipinski definition) is 11. The zero-order chi connectivity index (χ0) is 36.4. The Morgan fingerprint density at radius 2 is 1.54 bits per heavy atom. The molecule has 2 heterocycles. The van der Waals surface area contributed by atoms with Gasteiger partial charge in [0.25, 0.3) is 0 Å². The van der Waals surface area contributed by atoms with E-state index in [1.807, 2.05) is 42.5 Å². The SMILES string of the molecule is COc1cc([C@@H]2c3cc4c(cc3[C@@H](CNC(=O)[C@H](Cc3ccc(O)cc3)NC(=O)OCc3ccccc3)[C@H]3COC(=O)[C@H]23)OCO4)cc(OC)c1O. The van der Waals surface area contributed by atoms with Crippen molar-refractivity contribution in [3.63, 3.8) is 0 Å². The van der Waals surface area contributed by atoms with Crippen LogP contribution in [0.5, 0.6) is 34.5 Å². The molecule has 2 aliphatic heterocycles. The van der Waals surface area contributed by atoms with Crippen LogP contribution in [0.3, 0.4) is 0 Å². The maximum atomic E-state index is 14.0. The maximum absolute atomic E-state index is 14.0. The van der Waals surface area contributed by atoms with Crippen molar-refractivity contribution in [1.82, 2.24) is 10.6 Å². The first-order valence-corrected chi connectivity index (χ1v) is 16.8. The Morgan fingerprint density at radius 1 is 0.865 bits per heavy atom. The van der Waals surface area contributed by atoms with Gasteiger partial charge >= 0.3 is 12.1 Å². The predicted octanol–water partition coefficient (Wildman–Crippen LogP) is 4.52. The van der Waals surface area contributed by atoms with Gasteiger partial charge in [0.05, 0.1) is 26.7 Å². The van der Waals surface area contributed by atoms with Gasteiger partial charge in [-0.25, -0.2) is 4.79 Å². The first-order chi connectivity index (χ1) is 25.2. The van der Waals surface area contributed by atoms with Crippen LogP contribution in [0.2, 0.25) is 0 Å². The minimum atomic E-state index is -1.03. The van der Waals surface area contributed by atoms with Crippen LogP contribution in [-0.2, 0) is 32.1 Å². The standard InChI is InChI=1S/C39H38N2O11/c1-47-32-13-23(14-33(48-2)36(32)43)34-26-16-31-30(51-20-52-31)15-25(26)27(28-19-49-38(45)35(28)34)17-40-37(44)29(12-21-8-10-24(42)11-9-21)41-39(46)50-18-22-6-4-3-5-7-22/h3-11,13-16,27-29,34-35,42-43H,12,17-20H2,1-2H3,(H,40,44)(H,41,46)/t27-,28-,29+,34-,35+/m1/s1. The first kappa shape index (κ1) is 34.3. The van der Waals surface area contributed by atoms with Crippen molar-refractivity contribution in [3.05, 3.63) is 107 Å². The number of amides is 2. The number of phenolic OH excluding ortho intramolecular Hbond substituents is 2. The molecule has 1 fully saturated rings. The van der Waals surface area contributed by atoms with Crippen LogP contribution in [0.15, 0.2) is 78.9 Å². The van der Waals surface area contributed by atoms with E-state index in [-0.39, 0.29) is 61.9 Å². The highest BCUT2D eigenvalue weighted by Crippen LogP contribution is 2.56. The van der Waals surface area contributed by atoms with Crippen LogP contribution in [0.1, 0.15) is 39.7 Å². The summed E-state index contributed by atoms with van der Waals surface area (Å²) >= 11 is 0. The molecule has 0 aromatic heterocycles. The summed E-state index contributed by atoms with van der Waals surface area (Å²) in [6.45, 7) is 0.268. The Morgan fingerprint density at radius 3 is 2.21 bits per heavy atom. The van der Waals surface area contributed by atoms with E-state index < -0.39 is 41.8 Å². The molecule has 0 saturated carbocycles. The van der Waals surface area contributed by atoms with Crippen LogP contribution in [0.25, 0.3) is 0 Å². The number of nitrogens with one attached hydrogen (secondary N) is 2. The smallest absolute Gasteiger partial charge is 0.408 e. The van der Waals surface area contributed by atoms with Gasteiger partial charge in [0.2, 0.25) is 18.4 Å². The summed E-state index contributed by atoms with van der Waals surface area (Å²) < 4.78 is 33.5. The van der Waals surface area contributed by atoms with Gasteiger partial charge in [-0.2, -0.15) is 0 Å². The lowest BCUT2D eigenvalue weighted by molar-refractivity contribution is -0.141. The Kier molecular flexibility index (Phi) is 9.66. The van der Waals surface area contributed by atoms with E-state index in [1.54, 1.807) is 24.3 Å². The van der Waals surface area contributed by atoms with Gasteiger partial charge in [-0.1, -0.05) is 42.5 Å². The number of aromatic hydroxyl groups is 2. The minimum absolute atomic E-state index is 0.0201. The number of ether oxygens (including phenoxy) is 6. The highest BCUT2D eigenvalue weighted by atomic mass is 16.7. The average molecular weight is 711 g/mol. The number of rotatable bonds is 11. The third-order valence-electron chi connectivity index (χ3n) is 9.90. The Bertz CT molecular complexity index is 1940. The number of carbonyl (C=O) groups is 3. The van der Waals surface area contributed by atoms with Crippen molar-refractivity contribution in [2.45, 2.75) is 30.9 Å². The number of fused-ring (bicyclic) bond motifs is 3. The molecule has 5 atom stereocenters. The molecule has 0 bridgehead atoms. The zero-order valence-corrected chi connectivity index (χ0v) is 28.5. The van der Waals surface area contributed by atoms with E-state index in [2.05, 4.69) is 10.6 Å². The van der Waals surface area contributed by atoms with E-state index in [4.69, 9.17) is 28.4 Å². The van der Waals surface area contributed by atoms with Gasteiger partial charge in [0, 0.05) is 30.7 Å². The number of cyclic esters (lactones) is 1. The lowest BCUT2D eigenvalue weighted by Gasteiger charge is -2.39. The number of benzene rings is 4. The number of hydrogen-bond donors (Lipinski definition) is 4. The Balaban J connectivity index is 1.19. The average Bonchev–Trinajstić information content (AvgIpc) is 3.78. The predicted molar refractivity (Wildman–Crippen MR) is 185 cm³/mol. The second-order valence-electron chi connectivity index (χ2n) is 12.9. The van der Waals surface area contributed by atoms with Gasteiger partial charge in [-0.15, -0.1) is 0 Å². The summed E-state index contributed by atoms with van der Waals surface area (Å²) in [5.74, 6) is -1.51. The molecule has 13 heteroatoms. The third kappa shape index (κ3) is 6.81. The molecule has 0 radical (unpaired) electrons. The fourth-order valence-corrected chi connectivity index (χ4v) is 7.35. The van der Waals surface area contributed by atoms with Crippen LogP contribution >= 0.6 is 0 Å². The summed E-state index contributed by atoms with van der Waals surface area (Å²) in [7, 11) is 2.87. The molecule has 0 unspecified atom stereocenters. The van der Waals surface area contributed by atoms with Gasteiger partial charge in [0.1, 0.15) is 18.4 Å². The van der Waals surface area contributed by atoms with E-state index in [0.717, 1.165) is 16.7 Å². The van der Waals surface area contributed by atoms with Crippen LogP contribution in [-0.4, -0.2) is 68.4 Å². The highest BCUT2D eigenvalue weighted by Gasteiger charge is 2.52. The van der Waals surface area contributed by atoms with Gasteiger partial charge in [0.15, 0.2) is 23.0 Å². The molecule has 52 heavy (non-hydrogen) atoms. The van der Waals surface area contributed by atoms with Gasteiger partial charge < -0.3 is 49.3 Å². The summed E-state index contributed by atoms with van der Waals surface area (Å²) in [6.07, 6.45) is -0.650. The summed E-state index contributed by atoms with van der Waals surface area (Å²) in [6, 6.07) is 21.6. The van der Waals surface area contributed by atoms with Crippen molar-refractivity contribution in [2.24, 2.45) is 11.8 Å². The quantitative estimate of drug-likeness (QED) is 0.162. The summed E-state index contributed by atoms with van der Waals surface area (Å²) in [5.41, 5.74) is 3.75. The molecule has 1 saturated heterocycles. The molecule has 4 N–H and O–H groups in total. The second-order valence-corrected chi connectivity index (χ2v) is 12.9. The molecule has 4 aromatic carbocycles. The summed E-state index contributed by atoms with van der Waals surface area (Å²) in [5, 5.41) is 26.2. The molecular formula is C39H38N2O11. The lowest BCUT2D eigenvalue weighted by atomic mass is 9.62. The van der Waals surface area contributed by atoms with E-state index in [1.165, 1.54) is 26.4 Å². The molecule has 13 nitrogen and oxygen atoms in total. The number of phenols is 2. The van der Waals surface area contributed by atoms with Gasteiger partial charge in [-0.3, -0.25) is 9.59 Å². The number of carbonyl (C=O) groups excluding carboxylic acids is 3. The topological polar surface area (TPSA) is 171 Å². The molecule has 1 aliphatic carbocycles. The van der Waals surface area contributed by atoms with Crippen molar-refractivity contribution in [3.8, 4) is 34.5 Å². The monoisotopic (exact) mass is 710 g/mol. The number of esters is 1.